The quantitative estimate of drug-likeness (QED) is 0.657. The van der Waals surface area contributed by atoms with Crippen molar-refractivity contribution in [3.8, 4) is 5.69 Å². The lowest BCUT2D eigenvalue weighted by Crippen LogP contribution is -2.14. The topological polar surface area (TPSA) is 46.9 Å². The molecule has 0 unspecified atom stereocenters. The third-order valence-electron chi connectivity index (χ3n) is 3.42. The van der Waals surface area contributed by atoms with E-state index in [2.05, 4.69) is 10.3 Å². The van der Waals surface area contributed by atoms with Gasteiger partial charge >= 0.3 is 0 Å². The lowest BCUT2D eigenvalue weighted by atomic mass is 10.2. The third kappa shape index (κ3) is 4.41. The first kappa shape index (κ1) is 17.5. The van der Waals surface area contributed by atoms with Crippen molar-refractivity contribution in [2.24, 2.45) is 0 Å². The molecule has 1 heterocycles. The first-order chi connectivity index (χ1) is 12.0. The number of imidazole rings is 1. The Hall–Kier alpha value is -2.31. The molecule has 3 aromatic rings. The summed E-state index contributed by atoms with van der Waals surface area (Å²) in [6.07, 6.45) is 3.55. The highest BCUT2D eigenvalue weighted by Gasteiger charge is 2.11. The van der Waals surface area contributed by atoms with Gasteiger partial charge in [0.05, 0.1) is 16.5 Å². The van der Waals surface area contributed by atoms with Crippen LogP contribution >= 0.6 is 23.4 Å². The van der Waals surface area contributed by atoms with Crippen LogP contribution in [0.15, 0.2) is 60.0 Å². The Morgan fingerprint density at radius 3 is 2.92 bits per heavy atom. The highest BCUT2D eigenvalue weighted by Crippen LogP contribution is 2.24. The zero-order valence-electron chi connectivity index (χ0n) is 13.4. The number of nitrogens with one attached hydrogen (secondary N) is 1. The lowest BCUT2D eigenvalue weighted by molar-refractivity contribution is -0.113. The Labute approximate surface area is 154 Å². The van der Waals surface area contributed by atoms with E-state index in [0.29, 0.717) is 10.8 Å². The number of anilines is 1. The molecular weight excluding hydrogens is 361 g/mol. The number of amides is 1. The maximum absolute atomic E-state index is 13.0. The van der Waals surface area contributed by atoms with Crippen LogP contribution in [0.1, 0.15) is 5.56 Å². The number of halogens is 2. The molecule has 25 heavy (non-hydrogen) atoms. The predicted octanol–water partition coefficient (Wildman–Crippen LogP) is 4.70. The Kier molecular flexibility index (Phi) is 5.40. The van der Waals surface area contributed by atoms with Gasteiger partial charge in [-0.15, -0.1) is 0 Å². The number of carbonyl (C=O) groups excluding carboxylic acids is 1. The van der Waals surface area contributed by atoms with Crippen molar-refractivity contribution in [3.05, 3.63) is 71.3 Å². The first-order valence-corrected chi connectivity index (χ1v) is 8.87. The van der Waals surface area contributed by atoms with Gasteiger partial charge in [0.15, 0.2) is 5.16 Å². The van der Waals surface area contributed by atoms with E-state index < -0.39 is 5.82 Å². The summed E-state index contributed by atoms with van der Waals surface area (Å²) in [7, 11) is 0. The Morgan fingerprint density at radius 1 is 1.32 bits per heavy atom. The molecule has 0 saturated carbocycles. The molecule has 1 aromatic heterocycles. The summed E-state index contributed by atoms with van der Waals surface area (Å²) in [6, 6.07) is 11.9. The Balaban J connectivity index is 1.66. The van der Waals surface area contributed by atoms with Crippen LogP contribution < -0.4 is 5.32 Å². The maximum Gasteiger partial charge on any atom is 0.234 e. The zero-order chi connectivity index (χ0) is 17.8. The molecule has 4 nitrogen and oxygen atoms in total. The van der Waals surface area contributed by atoms with Gasteiger partial charge in [-0.2, -0.15) is 0 Å². The molecule has 0 aliphatic rings. The monoisotopic (exact) mass is 375 g/mol. The molecule has 0 fully saturated rings. The fraction of sp³-hybridized carbons (Fsp3) is 0.111. The van der Waals surface area contributed by atoms with E-state index in [-0.39, 0.29) is 16.7 Å². The van der Waals surface area contributed by atoms with Crippen molar-refractivity contribution in [3.63, 3.8) is 0 Å². The summed E-state index contributed by atoms with van der Waals surface area (Å²) in [5.41, 5.74) is 2.52. The summed E-state index contributed by atoms with van der Waals surface area (Å²) >= 11 is 7.23. The van der Waals surface area contributed by atoms with Crippen LogP contribution in [0, 0.1) is 12.7 Å². The second-order valence-corrected chi connectivity index (χ2v) is 6.73. The van der Waals surface area contributed by atoms with Crippen LogP contribution in [-0.2, 0) is 4.79 Å². The summed E-state index contributed by atoms with van der Waals surface area (Å²) < 4.78 is 15.0. The van der Waals surface area contributed by atoms with Crippen molar-refractivity contribution < 1.29 is 9.18 Å². The number of aromatic nitrogens is 2. The van der Waals surface area contributed by atoms with Gasteiger partial charge in [0.2, 0.25) is 5.91 Å². The van der Waals surface area contributed by atoms with Crippen molar-refractivity contribution in [1.29, 1.82) is 0 Å². The number of thioether (sulfide) groups is 1. The van der Waals surface area contributed by atoms with Crippen LogP contribution in [0.4, 0.5) is 10.1 Å². The fourth-order valence-corrected chi connectivity index (χ4v) is 3.27. The van der Waals surface area contributed by atoms with E-state index in [0.717, 1.165) is 17.3 Å². The summed E-state index contributed by atoms with van der Waals surface area (Å²) in [5, 5.41) is 3.55. The van der Waals surface area contributed by atoms with Gasteiger partial charge in [-0.3, -0.25) is 9.36 Å². The third-order valence-corrected chi connectivity index (χ3v) is 4.70. The molecule has 1 amide bonds. The van der Waals surface area contributed by atoms with E-state index in [1.807, 2.05) is 42.0 Å². The molecule has 3 rings (SSSR count). The molecule has 0 spiro atoms. The standard InChI is InChI=1S/C18H15ClFN3OS/c1-12-3-2-4-14(9-12)23-8-7-21-18(23)25-11-17(24)22-16-6-5-13(20)10-15(16)19/h2-10H,11H2,1H3,(H,22,24). The first-order valence-electron chi connectivity index (χ1n) is 7.51. The summed E-state index contributed by atoms with van der Waals surface area (Å²) in [4.78, 5) is 16.4. The molecular formula is C18H15ClFN3OS. The van der Waals surface area contributed by atoms with E-state index in [1.54, 1.807) is 6.20 Å². The van der Waals surface area contributed by atoms with Crippen molar-refractivity contribution in [2.45, 2.75) is 12.1 Å². The average molecular weight is 376 g/mol. The highest BCUT2D eigenvalue weighted by molar-refractivity contribution is 7.99. The summed E-state index contributed by atoms with van der Waals surface area (Å²) in [5.74, 6) is -0.522. The van der Waals surface area contributed by atoms with Crippen LogP contribution in [0.2, 0.25) is 5.02 Å². The van der Waals surface area contributed by atoms with E-state index in [1.165, 1.54) is 23.9 Å². The normalized spacial score (nSPS) is 10.7. The molecule has 0 saturated heterocycles. The van der Waals surface area contributed by atoms with Gasteiger partial charge in [0.25, 0.3) is 0 Å². The minimum Gasteiger partial charge on any atom is -0.324 e. The molecule has 2 aromatic carbocycles. The van der Waals surface area contributed by atoms with Crippen LogP contribution in [0.3, 0.4) is 0 Å². The molecule has 0 radical (unpaired) electrons. The molecule has 0 bridgehead atoms. The number of benzene rings is 2. The zero-order valence-corrected chi connectivity index (χ0v) is 14.9. The van der Waals surface area contributed by atoms with Gasteiger partial charge < -0.3 is 5.32 Å². The summed E-state index contributed by atoms with van der Waals surface area (Å²) in [6.45, 7) is 2.02. The highest BCUT2D eigenvalue weighted by atomic mass is 35.5. The van der Waals surface area contributed by atoms with Crippen LogP contribution in [-0.4, -0.2) is 21.2 Å². The van der Waals surface area contributed by atoms with Gasteiger partial charge in [-0.25, -0.2) is 9.37 Å². The average Bonchev–Trinajstić information content (AvgIpc) is 3.04. The van der Waals surface area contributed by atoms with E-state index in [4.69, 9.17) is 11.6 Å². The lowest BCUT2D eigenvalue weighted by Gasteiger charge is -2.09. The van der Waals surface area contributed by atoms with Gasteiger partial charge in [0, 0.05) is 18.1 Å². The number of rotatable bonds is 5. The molecule has 0 aliphatic carbocycles. The van der Waals surface area contributed by atoms with Gasteiger partial charge in [-0.05, 0) is 42.8 Å². The largest absolute Gasteiger partial charge is 0.324 e. The molecule has 1 N–H and O–H groups in total. The van der Waals surface area contributed by atoms with Gasteiger partial charge in [-0.1, -0.05) is 35.5 Å². The number of hydrogen-bond donors (Lipinski definition) is 1. The Bertz CT molecular complexity index is 913. The minimum absolute atomic E-state index is 0.163. The van der Waals surface area contributed by atoms with E-state index >= 15 is 0 Å². The maximum atomic E-state index is 13.0. The fourth-order valence-electron chi connectivity index (χ4n) is 2.28. The molecule has 0 atom stereocenters. The molecule has 7 heteroatoms. The Morgan fingerprint density at radius 2 is 2.16 bits per heavy atom. The smallest absolute Gasteiger partial charge is 0.234 e. The molecule has 0 aliphatic heterocycles. The van der Waals surface area contributed by atoms with E-state index in [9.17, 15) is 9.18 Å². The minimum atomic E-state index is -0.447. The van der Waals surface area contributed by atoms with Gasteiger partial charge in [0.1, 0.15) is 5.82 Å². The van der Waals surface area contributed by atoms with Crippen molar-refractivity contribution in [2.75, 3.05) is 11.1 Å². The number of hydrogen-bond acceptors (Lipinski definition) is 3. The predicted molar refractivity (Wildman–Crippen MR) is 99.1 cm³/mol. The van der Waals surface area contributed by atoms with Crippen LogP contribution in [0.5, 0.6) is 0 Å². The number of carbonyl (C=O) groups is 1. The van der Waals surface area contributed by atoms with Crippen molar-refractivity contribution >= 4 is 35.0 Å². The second-order valence-electron chi connectivity index (χ2n) is 5.38. The SMILES string of the molecule is Cc1cccc(-n2ccnc2SCC(=O)Nc2ccc(F)cc2Cl)c1. The van der Waals surface area contributed by atoms with Crippen LogP contribution in [0.25, 0.3) is 5.69 Å². The number of nitrogens with zero attached hydrogens (tertiary/aromatic N) is 2. The van der Waals surface area contributed by atoms with Crippen molar-refractivity contribution in [1.82, 2.24) is 9.55 Å². The molecule has 128 valence electrons. The second kappa shape index (κ2) is 7.72. The number of aryl methyl sites for hydroxylation is 1.